The van der Waals surface area contributed by atoms with Crippen molar-refractivity contribution in [1.82, 2.24) is 4.98 Å². The number of rotatable bonds is 0. The predicted molar refractivity (Wildman–Crippen MR) is 50.1 cm³/mol. The molecule has 0 saturated heterocycles. The molecule has 4 heteroatoms. The zero-order valence-corrected chi connectivity index (χ0v) is 7.15. The molecular formula is C10H6N2O2. The molecule has 0 spiro atoms. The Labute approximate surface area is 79.7 Å². The van der Waals surface area contributed by atoms with Crippen molar-refractivity contribution in [3.63, 3.8) is 0 Å². The molecular weight excluding hydrogens is 180 g/mol. The van der Waals surface area contributed by atoms with Gasteiger partial charge in [0.2, 0.25) is 0 Å². The van der Waals surface area contributed by atoms with Crippen LogP contribution in [0.5, 0.6) is 0 Å². The van der Waals surface area contributed by atoms with E-state index in [1.807, 2.05) is 0 Å². The van der Waals surface area contributed by atoms with Crippen molar-refractivity contribution >= 4 is 17.0 Å². The van der Waals surface area contributed by atoms with Crippen molar-refractivity contribution in [3.8, 4) is 11.8 Å². The first kappa shape index (κ1) is 8.32. The van der Waals surface area contributed by atoms with Gasteiger partial charge in [-0.2, -0.15) is 0 Å². The first-order valence-electron chi connectivity index (χ1n) is 3.90. The van der Waals surface area contributed by atoms with Crippen LogP contribution in [-0.2, 0) is 4.79 Å². The molecule has 68 valence electrons. The quantitative estimate of drug-likeness (QED) is 0.614. The summed E-state index contributed by atoms with van der Waals surface area (Å²) in [6.45, 7) is 0. The standard InChI is InChI=1S/C10H6N2O2/c11-10(13)4-2-7-1-3-9-8(5-7)12-6-14-9/h1,3,5-6H,(H2,11,13). The lowest BCUT2D eigenvalue weighted by Gasteiger charge is -1.88. The minimum absolute atomic E-state index is 0.648. The van der Waals surface area contributed by atoms with Gasteiger partial charge in [-0.1, -0.05) is 5.92 Å². The zero-order valence-electron chi connectivity index (χ0n) is 7.15. The molecule has 4 nitrogen and oxygen atoms in total. The van der Waals surface area contributed by atoms with Crippen LogP contribution in [0.2, 0.25) is 0 Å². The van der Waals surface area contributed by atoms with E-state index >= 15 is 0 Å². The number of fused-ring (bicyclic) bond motifs is 1. The molecule has 1 aromatic carbocycles. The van der Waals surface area contributed by atoms with Crippen LogP contribution in [0, 0.1) is 11.8 Å². The monoisotopic (exact) mass is 186 g/mol. The number of carbonyl (C=O) groups excluding carboxylic acids is 1. The van der Waals surface area contributed by atoms with E-state index in [0.717, 1.165) is 0 Å². The molecule has 0 atom stereocenters. The zero-order chi connectivity index (χ0) is 9.97. The molecule has 1 amide bonds. The SMILES string of the molecule is NC(=O)C#Cc1ccc2ocnc2c1. The summed E-state index contributed by atoms with van der Waals surface area (Å²) >= 11 is 0. The summed E-state index contributed by atoms with van der Waals surface area (Å²) in [5.74, 6) is 4.22. The van der Waals surface area contributed by atoms with Crippen LogP contribution in [0.15, 0.2) is 29.0 Å². The van der Waals surface area contributed by atoms with Gasteiger partial charge < -0.3 is 10.2 Å². The van der Waals surface area contributed by atoms with Gasteiger partial charge in [-0.15, -0.1) is 0 Å². The normalized spacial score (nSPS) is 9.43. The fourth-order valence-corrected chi connectivity index (χ4v) is 1.07. The van der Waals surface area contributed by atoms with Crippen LogP contribution in [-0.4, -0.2) is 10.9 Å². The molecule has 0 saturated carbocycles. The molecule has 2 aromatic rings. The number of nitrogens with two attached hydrogens (primary N) is 1. The minimum Gasteiger partial charge on any atom is -0.443 e. The number of hydrogen-bond donors (Lipinski definition) is 1. The Kier molecular flexibility index (Phi) is 1.92. The van der Waals surface area contributed by atoms with E-state index in [1.54, 1.807) is 18.2 Å². The van der Waals surface area contributed by atoms with Gasteiger partial charge in [0.15, 0.2) is 12.0 Å². The topological polar surface area (TPSA) is 69.1 Å². The van der Waals surface area contributed by atoms with Gasteiger partial charge in [-0.3, -0.25) is 4.79 Å². The Balaban J connectivity index is 2.45. The molecule has 0 aliphatic heterocycles. The molecule has 0 bridgehead atoms. The lowest BCUT2D eigenvalue weighted by molar-refractivity contribution is -0.112. The first-order valence-corrected chi connectivity index (χ1v) is 3.90. The molecule has 0 unspecified atom stereocenters. The third-order valence-corrected chi connectivity index (χ3v) is 1.66. The van der Waals surface area contributed by atoms with E-state index in [0.29, 0.717) is 16.7 Å². The fraction of sp³-hybridized carbons (Fsp3) is 0. The maximum absolute atomic E-state index is 10.4. The largest absolute Gasteiger partial charge is 0.443 e. The molecule has 1 aromatic heterocycles. The molecule has 0 aliphatic carbocycles. The van der Waals surface area contributed by atoms with Gasteiger partial charge in [-0.25, -0.2) is 4.98 Å². The van der Waals surface area contributed by atoms with Gasteiger partial charge in [0.25, 0.3) is 5.91 Å². The van der Waals surface area contributed by atoms with Crippen LogP contribution in [0.3, 0.4) is 0 Å². The smallest absolute Gasteiger partial charge is 0.293 e. The van der Waals surface area contributed by atoms with E-state index < -0.39 is 5.91 Å². The number of nitrogens with zero attached hydrogens (tertiary/aromatic N) is 1. The second-order valence-electron chi connectivity index (χ2n) is 2.65. The van der Waals surface area contributed by atoms with Crippen molar-refractivity contribution in [2.24, 2.45) is 5.73 Å². The summed E-state index contributed by atoms with van der Waals surface area (Å²) in [5, 5.41) is 0. The van der Waals surface area contributed by atoms with E-state index in [9.17, 15) is 4.79 Å². The highest BCUT2D eigenvalue weighted by atomic mass is 16.3. The van der Waals surface area contributed by atoms with Crippen LogP contribution < -0.4 is 5.73 Å². The van der Waals surface area contributed by atoms with Crippen LogP contribution in [0.25, 0.3) is 11.1 Å². The predicted octanol–water partition coefficient (Wildman–Crippen LogP) is 0.665. The van der Waals surface area contributed by atoms with Gasteiger partial charge in [0, 0.05) is 5.56 Å². The van der Waals surface area contributed by atoms with Gasteiger partial charge >= 0.3 is 0 Å². The fourth-order valence-electron chi connectivity index (χ4n) is 1.07. The van der Waals surface area contributed by atoms with Crippen molar-refractivity contribution in [2.45, 2.75) is 0 Å². The number of primary amides is 1. The summed E-state index contributed by atoms with van der Waals surface area (Å²) in [7, 11) is 0. The Morgan fingerprint density at radius 3 is 3.14 bits per heavy atom. The van der Waals surface area contributed by atoms with Crippen molar-refractivity contribution < 1.29 is 9.21 Å². The Morgan fingerprint density at radius 2 is 2.36 bits per heavy atom. The van der Waals surface area contributed by atoms with Gasteiger partial charge in [0.1, 0.15) is 5.52 Å². The van der Waals surface area contributed by atoms with Gasteiger partial charge in [-0.05, 0) is 24.1 Å². The first-order chi connectivity index (χ1) is 6.75. The summed E-state index contributed by atoms with van der Waals surface area (Å²) in [5.41, 5.74) is 6.97. The Hall–Kier alpha value is -2.28. The second-order valence-corrected chi connectivity index (χ2v) is 2.65. The minimum atomic E-state index is -0.648. The summed E-state index contributed by atoms with van der Waals surface area (Å²) in [6.07, 6.45) is 1.36. The number of carbonyl (C=O) groups is 1. The molecule has 0 aliphatic rings. The Morgan fingerprint density at radius 1 is 1.50 bits per heavy atom. The summed E-state index contributed by atoms with van der Waals surface area (Å²) in [4.78, 5) is 14.4. The molecule has 2 rings (SSSR count). The second kappa shape index (κ2) is 3.23. The average molecular weight is 186 g/mol. The summed E-state index contributed by atoms with van der Waals surface area (Å²) in [6, 6.07) is 5.21. The van der Waals surface area contributed by atoms with E-state index in [1.165, 1.54) is 6.39 Å². The Bertz CT molecular complexity index is 546. The molecule has 0 radical (unpaired) electrons. The highest BCUT2D eigenvalue weighted by Crippen LogP contribution is 2.13. The van der Waals surface area contributed by atoms with Crippen molar-refractivity contribution in [1.29, 1.82) is 0 Å². The number of aromatic nitrogens is 1. The van der Waals surface area contributed by atoms with Crippen LogP contribution in [0.1, 0.15) is 5.56 Å². The highest BCUT2D eigenvalue weighted by molar-refractivity contribution is 5.92. The molecule has 2 N–H and O–H groups in total. The maximum atomic E-state index is 10.4. The van der Waals surface area contributed by atoms with Gasteiger partial charge in [0.05, 0.1) is 0 Å². The number of hydrogen-bond acceptors (Lipinski definition) is 3. The van der Waals surface area contributed by atoms with Crippen LogP contribution >= 0.6 is 0 Å². The number of benzene rings is 1. The van der Waals surface area contributed by atoms with Crippen molar-refractivity contribution in [3.05, 3.63) is 30.2 Å². The number of oxazole rings is 1. The van der Waals surface area contributed by atoms with Crippen molar-refractivity contribution in [2.75, 3.05) is 0 Å². The van der Waals surface area contributed by atoms with E-state index in [-0.39, 0.29) is 0 Å². The van der Waals surface area contributed by atoms with E-state index in [4.69, 9.17) is 10.2 Å². The van der Waals surface area contributed by atoms with E-state index in [2.05, 4.69) is 16.8 Å². The average Bonchev–Trinajstić information content (AvgIpc) is 2.61. The summed E-state index contributed by atoms with van der Waals surface area (Å²) < 4.78 is 5.05. The molecule has 0 fully saturated rings. The molecule has 14 heavy (non-hydrogen) atoms. The lowest BCUT2D eigenvalue weighted by atomic mass is 10.2. The third-order valence-electron chi connectivity index (χ3n) is 1.66. The lowest BCUT2D eigenvalue weighted by Crippen LogP contribution is -2.06. The van der Waals surface area contributed by atoms with Crippen LogP contribution in [0.4, 0.5) is 0 Å². The third kappa shape index (κ3) is 1.57. The highest BCUT2D eigenvalue weighted by Gasteiger charge is 1.97. The molecule has 1 heterocycles. The number of amides is 1. The maximum Gasteiger partial charge on any atom is 0.293 e.